The molecule has 0 bridgehead atoms. The first-order valence-electron chi connectivity index (χ1n) is 8.78. The van der Waals surface area contributed by atoms with E-state index >= 15 is 0 Å². The number of carbonyl (C=O) groups excluding carboxylic acids is 1. The van der Waals surface area contributed by atoms with Gasteiger partial charge in [-0.05, 0) is 43.2 Å². The van der Waals surface area contributed by atoms with Gasteiger partial charge in [-0.1, -0.05) is 0 Å². The lowest BCUT2D eigenvalue weighted by molar-refractivity contribution is 0.112. The van der Waals surface area contributed by atoms with Crippen LogP contribution in [0.2, 0.25) is 0 Å². The summed E-state index contributed by atoms with van der Waals surface area (Å²) in [6.07, 6.45) is 8.24. The first-order valence-corrected chi connectivity index (χ1v) is 8.78. The maximum absolute atomic E-state index is 11.3. The van der Waals surface area contributed by atoms with Gasteiger partial charge in [0.1, 0.15) is 11.6 Å². The Balaban J connectivity index is 1.47. The van der Waals surface area contributed by atoms with Crippen LogP contribution < -0.4 is 10.6 Å². The van der Waals surface area contributed by atoms with E-state index in [0.29, 0.717) is 23.1 Å². The molecule has 1 saturated carbocycles. The van der Waals surface area contributed by atoms with E-state index in [1.807, 2.05) is 42.6 Å². The summed E-state index contributed by atoms with van der Waals surface area (Å²) in [5, 5.41) is 15.3. The summed E-state index contributed by atoms with van der Waals surface area (Å²) in [4.78, 5) is 15.9. The first kappa shape index (κ1) is 15.6. The van der Waals surface area contributed by atoms with Gasteiger partial charge in [0.2, 0.25) is 0 Å². The van der Waals surface area contributed by atoms with Crippen LogP contribution in [0.25, 0.3) is 11.3 Å². The molecule has 5 rings (SSSR count). The Morgan fingerprint density at radius 2 is 2.00 bits per heavy atom. The molecule has 0 radical (unpaired) electrons. The second-order valence-electron chi connectivity index (χ2n) is 6.52. The highest BCUT2D eigenvalue weighted by atomic mass is 16.1. The highest BCUT2D eigenvalue weighted by Crippen LogP contribution is 2.27. The molecule has 0 unspecified atom stereocenters. The van der Waals surface area contributed by atoms with Crippen molar-refractivity contribution in [2.24, 2.45) is 0 Å². The third kappa shape index (κ3) is 3.01. The fourth-order valence-corrected chi connectivity index (χ4v) is 2.93. The minimum atomic E-state index is 0.459. The van der Waals surface area contributed by atoms with Gasteiger partial charge in [0, 0.05) is 30.2 Å². The number of aldehydes is 1. The number of carbonyl (C=O) groups is 1. The SMILES string of the molecule is O=Cc1cnn2c(NC3CC3)cc(Nc3ccc(-n4cccn4)cc3)nc12. The van der Waals surface area contributed by atoms with Crippen molar-refractivity contribution in [3.8, 4) is 5.69 Å². The average Bonchev–Trinajstić information content (AvgIpc) is 3.18. The number of benzene rings is 1. The lowest BCUT2D eigenvalue weighted by atomic mass is 10.3. The number of rotatable bonds is 6. The fraction of sp³-hybridized carbons (Fsp3) is 0.158. The number of hydrogen-bond acceptors (Lipinski definition) is 6. The molecule has 3 heterocycles. The molecular weight excluding hydrogens is 342 g/mol. The van der Waals surface area contributed by atoms with Crippen molar-refractivity contribution in [3.63, 3.8) is 0 Å². The van der Waals surface area contributed by atoms with Crippen molar-refractivity contribution in [3.05, 3.63) is 60.6 Å². The third-order valence-electron chi connectivity index (χ3n) is 4.46. The summed E-state index contributed by atoms with van der Waals surface area (Å²) in [5.74, 6) is 1.48. The van der Waals surface area contributed by atoms with E-state index in [1.165, 1.54) is 6.20 Å². The number of nitrogens with one attached hydrogen (secondary N) is 2. The Labute approximate surface area is 154 Å². The molecule has 4 aromatic rings. The zero-order valence-electron chi connectivity index (χ0n) is 14.4. The van der Waals surface area contributed by atoms with Crippen LogP contribution in [0.15, 0.2) is 55.0 Å². The van der Waals surface area contributed by atoms with Gasteiger partial charge < -0.3 is 10.6 Å². The molecule has 0 spiro atoms. The number of hydrogen-bond donors (Lipinski definition) is 2. The summed E-state index contributed by atoms with van der Waals surface area (Å²) >= 11 is 0. The summed E-state index contributed by atoms with van der Waals surface area (Å²) in [5.41, 5.74) is 2.87. The Bertz CT molecular complexity index is 1100. The minimum absolute atomic E-state index is 0.459. The maximum atomic E-state index is 11.3. The number of fused-ring (bicyclic) bond motifs is 1. The topological polar surface area (TPSA) is 89.1 Å². The summed E-state index contributed by atoms with van der Waals surface area (Å²) in [6, 6.07) is 12.1. The number of aromatic nitrogens is 5. The van der Waals surface area contributed by atoms with Crippen LogP contribution in [0.4, 0.5) is 17.3 Å². The van der Waals surface area contributed by atoms with Crippen LogP contribution in [0.1, 0.15) is 23.2 Å². The van der Waals surface area contributed by atoms with Gasteiger partial charge in [-0.2, -0.15) is 14.7 Å². The third-order valence-corrected chi connectivity index (χ3v) is 4.46. The van der Waals surface area contributed by atoms with E-state index in [9.17, 15) is 4.79 Å². The van der Waals surface area contributed by atoms with E-state index in [-0.39, 0.29) is 0 Å². The molecule has 1 aliphatic carbocycles. The molecular formula is C19H17N7O. The van der Waals surface area contributed by atoms with Gasteiger partial charge in [-0.15, -0.1) is 0 Å². The Morgan fingerprint density at radius 3 is 2.70 bits per heavy atom. The van der Waals surface area contributed by atoms with Crippen LogP contribution in [-0.2, 0) is 0 Å². The largest absolute Gasteiger partial charge is 0.367 e. The number of anilines is 3. The Morgan fingerprint density at radius 1 is 1.15 bits per heavy atom. The van der Waals surface area contributed by atoms with Crippen molar-refractivity contribution in [2.45, 2.75) is 18.9 Å². The molecule has 1 aliphatic rings. The molecule has 0 amide bonds. The predicted molar refractivity (Wildman–Crippen MR) is 102 cm³/mol. The Kier molecular flexibility index (Phi) is 3.60. The molecule has 8 nitrogen and oxygen atoms in total. The van der Waals surface area contributed by atoms with Crippen LogP contribution >= 0.6 is 0 Å². The quantitative estimate of drug-likeness (QED) is 0.514. The summed E-state index contributed by atoms with van der Waals surface area (Å²) in [7, 11) is 0. The fourth-order valence-electron chi connectivity index (χ4n) is 2.93. The molecule has 1 fully saturated rings. The molecule has 0 saturated heterocycles. The highest BCUT2D eigenvalue weighted by Gasteiger charge is 2.23. The van der Waals surface area contributed by atoms with Gasteiger partial charge >= 0.3 is 0 Å². The van der Waals surface area contributed by atoms with E-state index in [0.717, 1.165) is 36.3 Å². The summed E-state index contributed by atoms with van der Waals surface area (Å²) in [6.45, 7) is 0. The molecule has 2 N–H and O–H groups in total. The smallest absolute Gasteiger partial charge is 0.170 e. The maximum Gasteiger partial charge on any atom is 0.170 e. The standard InChI is InChI=1S/C19H17N7O/c27-12-13-11-21-26-18(23-15-2-3-15)10-17(24-19(13)26)22-14-4-6-16(7-5-14)25-9-1-8-20-25/h1,4-12,15,23H,2-3H2,(H,22,24). The van der Waals surface area contributed by atoms with Gasteiger partial charge in [-0.3, -0.25) is 4.79 Å². The lowest BCUT2D eigenvalue weighted by Crippen LogP contribution is -2.09. The monoisotopic (exact) mass is 359 g/mol. The zero-order chi connectivity index (χ0) is 18.2. The van der Waals surface area contributed by atoms with Crippen molar-refractivity contribution in [2.75, 3.05) is 10.6 Å². The average molecular weight is 359 g/mol. The van der Waals surface area contributed by atoms with E-state index in [4.69, 9.17) is 0 Å². The molecule has 1 aromatic carbocycles. The van der Waals surface area contributed by atoms with Crippen LogP contribution in [0.3, 0.4) is 0 Å². The predicted octanol–water partition coefficient (Wildman–Crippen LogP) is 3.05. The number of nitrogens with zero attached hydrogens (tertiary/aromatic N) is 5. The van der Waals surface area contributed by atoms with Gasteiger partial charge in [0.15, 0.2) is 11.9 Å². The second kappa shape index (κ2) is 6.24. The zero-order valence-corrected chi connectivity index (χ0v) is 14.4. The molecule has 27 heavy (non-hydrogen) atoms. The molecule has 3 aromatic heterocycles. The molecule has 8 heteroatoms. The lowest BCUT2D eigenvalue weighted by Gasteiger charge is -2.12. The van der Waals surface area contributed by atoms with Gasteiger partial charge in [0.05, 0.1) is 17.4 Å². The van der Waals surface area contributed by atoms with Gasteiger partial charge in [-0.25, -0.2) is 9.67 Å². The summed E-state index contributed by atoms with van der Waals surface area (Å²) < 4.78 is 3.47. The normalized spacial score (nSPS) is 13.6. The van der Waals surface area contributed by atoms with Crippen molar-refractivity contribution < 1.29 is 4.79 Å². The molecule has 0 atom stereocenters. The first-order chi connectivity index (χ1) is 13.3. The van der Waals surface area contributed by atoms with Crippen LogP contribution in [-0.4, -0.2) is 36.7 Å². The van der Waals surface area contributed by atoms with E-state index in [2.05, 4.69) is 25.8 Å². The molecule has 0 aliphatic heterocycles. The van der Waals surface area contributed by atoms with Crippen molar-refractivity contribution in [1.29, 1.82) is 0 Å². The van der Waals surface area contributed by atoms with Crippen molar-refractivity contribution >= 4 is 29.3 Å². The Hall–Kier alpha value is -3.68. The van der Waals surface area contributed by atoms with Gasteiger partial charge in [0.25, 0.3) is 0 Å². The second-order valence-corrected chi connectivity index (χ2v) is 6.52. The van der Waals surface area contributed by atoms with Crippen LogP contribution in [0, 0.1) is 0 Å². The molecule has 134 valence electrons. The van der Waals surface area contributed by atoms with Crippen molar-refractivity contribution in [1.82, 2.24) is 24.4 Å². The highest BCUT2D eigenvalue weighted by molar-refractivity contribution is 5.85. The van der Waals surface area contributed by atoms with E-state index < -0.39 is 0 Å². The van der Waals surface area contributed by atoms with Crippen LogP contribution in [0.5, 0.6) is 0 Å². The minimum Gasteiger partial charge on any atom is -0.367 e. The van der Waals surface area contributed by atoms with E-state index in [1.54, 1.807) is 15.4 Å².